The van der Waals surface area contributed by atoms with Crippen molar-refractivity contribution in [3.8, 4) is 5.88 Å². The number of aromatic amines is 1. The van der Waals surface area contributed by atoms with E-state index in [1.807, 2.05) is 12.1 Å². The Labute approximate surface area is 171 Å². The molecule has 0 fully saturated rings. The van der Waals surface area contributed by atoms with E-state index in [1.165, 1.54) is 18.2 Å². The van der Waals surface area contributed by atoms with Crippen molar-refractivity contribution >= 4 is 56.8 Å². The van der Waals surface area contributed by atoms with E-state index in [0.29, 0.717) is 16.6 Å². The predicted molar refractivity (Wildman–Crippen MR) is 106 cm³/mol. The van der Waals surface area contributed by atoms with E-state index in [-0.39, 0.29) is 39.5 Å². The summed E-state index contributed by atoms with van der Waals surface area (Å²) in [6, 6.07) is 11.3. The van der Waals surface area contributed by atoms with Gasteiger partial charge in [-0.1, -0.05) is 29.8 Å². The molecule has 0 aliphatic heterocycles. The minimum Gasteiger partial charge on any atom is -0.493 e. The van der Waals surface area contributed by atoms with Gasteiger partial charge in [-0.25, -0.2) is 14.0 Å². The fraction of sp³-hybridized carbons (Fsp3) is 0. The molecule has 0 atom stereocenters. The molecule has 5 rings (SSSR count). The molecular weight excluding hydrogens is 415 g/mol. The second kappa shape index (κ2) is 7.04. The SMILES string of the molecule is Oc1[nH]c2ccccc2c1N=Nc1nc2nonc2nc1Nc1ccc(F)c(Cl)c1. The first-order chi connectivity index (χ1) is 14.6. The molecular formula is C18H10ClFN8O2. The molecule has 0 aliphatic carbocycles. The van der Waals surface area contributed by atoms with Gasteiger partial charge in [0.25, 0.3) is 0 Å². The molecule has 0 amide bonds. The van der Waals surface area contributed by atoms with Gasteiger partial charge in [0.15, 0.2) is 11.5 Å². The number of anilines is 2. The van der Waals surface area contributed by atoms with E-state index in [4.69, 9.17) is 11.6 Å². The van der Waals surface area contributed by atoms with Gasteiger partial charge >= 0.3 is 0 Å². The van der Waals surface area contributed by atoms with E-state index in [1.54, 1.807) is 12.1 Å². The first kappa shape index (κ1) is 17.9. The summed E-state index contributed by atoms with van der Waals surface area (Å²) in [7, 11) is 0. The highest BCUT2D eigenvalue weighted by Gasteiger charge is 2.15. The highest BCUT2D eigenvalue weighted by atomic mass is 35.5. The van der Waals surface area contributed by atoms with Gasteiger partial charge in [0.1, 0.15) is 5.82 Å². The lowest BCUT2D eigenvalue weighted by Gasteiger charge is -2.07. The van der Waals surface area contributed by atoms with Gasteiger partial charge < -0.3 is 15.4 Å². The highest BCUT2D eigenvalue weighted by Crippen LogP contribution is 2.37. The summed E-state index contributed by atoms with van der Waals surface area (Å²) < 4.78 is 18.1. The van der Waals surface area contributed by atoms with Crippen LogP contribution in [0.3, 0.4) is 0 Å². The quantitative estimate of drug-likeness (QED) is 0.339. The minimum absolute atomic E-state index is 0.0447. The Morgan fingerprint density at radius 2 is 1.87 bits per heavy atom. The van der Waals surface area contributed by atoms with Crippen LogP contribution < -0.4 is 5.32 Å². The van der Waals surface area contributed by atoms with Gasteiger partial charge in [-0.05, 0) is 34.6 Å². The van der Waals surface area contributed by atoms with Gasteiger partial charge in [0, 0.05) is 11.1 Å². The van der Waals surface area contributed by atoms with Crippen LogP contribution in [0.5, 0.6) is 5.88 Å². The molecule has 5 aromatic rings. The molecule has 0 spiro atoms. The Bertz CT molecular complexity index is 1430. The zero-order chi connectivity index (χ0) is 20.7. The predicted octanol–water partition coefficient (Wildman–Crippen LogP) is 5.15. The molecule has 3 heterocycles. The number of fused-ring (bicyclic) bond motifs is 2. The first-order valence-corrected chi connectivity index (χ1v) is 8.90. The third-order valence-corrected chi connectivity index (χ3v) is 4.47. The summed E-state index contributed by atoms with van der Waals surface area (Å²) in [5.74, 6) is -0.497. The zero-order valence-corrected chi connectivity index (χ0v) is 15.6. The Hall–Kier alpha value is -4.12. The number of nitrogens with one attached hydrogen (secondary N) is 2. The molecule has 0 aliphatic rings. The molecule has 10 nitrogen and oxygen atoms in total. The van der Waals surface area contributed by atoms with Crippen molar-refractivity contribution in [2.24, 2.45) is 10.2 Å². The smallest absolute Gasteiger partial charge is 0.245 e. The molecule has 0 bridgehead atoms. The molecule has 0 saturated heterocycles. The summed E-state index contributed by atoms with van der Waals surface area (Å²) >= 11 is 5.84. The Morgan fingerprint density at radius 3 is 2.70 bits per heavy atom. The van der Waals surface area contributed by atoms with Crippen molar-refractivity contribution in [1.29, 1.82) is 0 Å². The molecule has 3 N–H and O–H groups in total. The number of para-hydroxylation sites is 1. The summed E-state index contributed by atoms with van der Waals surface area (Å²) in [6.45, 7) is 0. The second-order valence-electron chi connectivity index (χ2n) is 6.13. The third kappa shape index (κ3) is 3.16. The number of halogens is 2. The molecule has 2 aromatic carbocycles. The molecule has 30 heavy (non-hydrogen) atoms. The van der Waals surface area contributed by atoms with Crippen LogP contribution in [0.4, 0.5) is 27.4 Å². The largest absolute Gasteiger partial charge is 0.493 e. The van der Waals surface area contributed by atoms with Crippen LogP contribution in [0.15, 0.2) is 57.3 Å². The summed E-state index contributed by atoms with van der Waals surface area (Å²) in [4.78, 5) is 11.3. The average molecular weight is 425 g/mol. The minimum atomic E-state index is -0.556. The lowest BCUT2D eigenvalue weighted by molar-refractivity contribution is 0.314. The van der Waals surface area contributed by atoms with Gasteiger partial charge in [-0.3, -0.25) is 0 Å². The van der Waals surface area contributed by atoms with Gasteiger partial charge in [-0.2, -0.15) is 4.98 Å². The number of hydrogen-bond acceptors (Lipinski definition) is 9. The number of aromatic hydroxyl groups is 1. The lowest BCUT2D eigenvalue weighted by atomic mass is 10.2. The van der Waals surface area contributed by atoms with E-state index >= 15 is 0 Å². The first-order valence-electron chi connectivity index (χ1n) is 8.52. The summed E-state index contributed by atoms with van der Waals surface area (Å²) in [6.07, 6.45) is 0. The van der Waals surface area contributed by atoms with E-state index in [9.17, 15) is 9.50 Å². The number of azo groups is 1. The summed E-state index contributed by atoms with van der Waals surface area (Å²) in [5.41, 5.74) is 1.64. The average Bonchev–Trinajstić information content (AvgIpc) is 3.32. The van der Waals surface area contributed by atoms with Crippen LogP contribution in [-0.2, 0) is 0 Å². The monoisotopic (exact) mass is 424 g/mol. The van der Waals surface area contributed by atoms with Gasteiger partial charge in [0.05, 0.1) is 10.5 Å². The maximum absolute atomic E-state index is 13.4. The second-order valence-corrected chi connectivity index (χ2v) is 6.54. The van der Waals surface area contributed by atoms with Crippen LogP contribution in [0.2, 0.25) is 5.02 Å². The lowest BCUT2D eigenvalue weighted by Crippen LogP contribution is -1.97. The Balaban J connectivity index is 1.58. The van der Waals surface area contributed by atoms with Crippen molar-refractivity contribution in [3.63, 3.8) is 0 Å². The molecule has 12 heteroatoms. The number of hydrogen-bond donors (Lipinski definition) is 3. The van der Waals surface area contributed by atoms with Gasteiger partial charge in [0.2, 0.25) is 23.0 Å². The number of aromatic nitrogens is 5. The Kier molecular flexibility index (Phi) is 4.21. The van der Waals surface area contributed by atoms with Crippen molar-refractivity contribution in [1.82, 2.24) is 25.3 Å². The number of H-pyrrole nitrogens is 1. The maximum atomic E-state index is 13.4. The number of benzene rings is 2. The van der Waals surface area contributed by atoms with Crippen molar-refractivity contribution in [2.75, 3.05) is 5.32 Å². The maximum Gasteiger partial charge on any atom is 0.245 e. The van der Waals surface area contributed by atoms with Crippen LogP contribution in [0.25, 0.3) is 22.2 Å². The molecule has 148 valence electrons. The van der Waals surface area contributed by atoms with Crippen molar-refractivity contribution in [2.45, 2.75) is 0 Å². The number of nitrogens with zero attached hydrogens (tertiary/aromatic N) is 6. The van der Waals surface area contributed by atoms with Crippen molar-refractivity contribution < 1.29 is 14.1 Å². The highest BCUT2D eigenvalue weighted by molar-refractivity contribution is 6.31. The molecule has 0 radical (unpaired) electrons. The summed E-state index contributed by atoms with van der Waals surface area (Å²) in [5, 5.41) is 29.3. The fourth-order valence-corrected chi connectivity index (χ4v) is 2.99. The van der Waals surface area contributed by atoms with Crippen LogP contribution >= 0.6 is 11.6 Å². The topological polar surface area (TPSA) is 137 Å². The van der Waals surface area contributed by atoms with Crippen LogP contribution in [0, 0.1) is 5.82 Å². The molecule has 0 saturated carbocycles. The number of rotatable bonds is 4. The van der Waals surface area contributed by atoms with Crippen molar-refractivity contribution in [3.05, 3.63) is 53.3 Å². The molecule has 3 aromatic heterocycles. The van der Waals surface area contributed by atoms with Crippen LogP contribution in [0.1, 0.15) is 0 Å². The van der Waals surface area contributed by atoms with E-state index in [2.05, 4.69) is 45.4 Å². The third-order valence-electron chi connectivity index (χ3n) is 4.18. The normalized spacial score (nSPS) is 11.7. The Morgan fingerprint density at radius 1 is 1.07 bits per heavy atom. The zero-order valence-electron chi connectivity index (χ0n) is 14.8. The van der Waals surface area contributed by atoms with E-state index < -0.39 is 5.82 Å². The van der Waals surface area contributed by atoms with E-state index in [0.717, 1.165) is 0 Å². The fourth-order valence-electron chi connectivity index (χ4n) is 2.81. The van der Waals surface area contributed by atoms with Gasteiger partial charge in [-0.15, -0.1) is 10.2 Å². The molecule has 0 unspecified atom stereocenters. The standard InChI is InChI=1S/C18H10ClFN8O2/c19-10-7-8(5-6-11(10)20)21-14-15(24-17-16(23-14)27-30-28-17)26-25-13-9-3-1-2-4-12(9)22-18(13)29/h1-7,22,29H,(H,21,23,27). The van der Waals surface area contributed by atoms with Crippen LogP contribution in [-0.4, -0.2) is 30.4 Å².